The third kappa shape index (κ3) is 2.35. The molecule has 20 heavy (non-hydrogen) atoms. The standard InChI is InChI=1S/C14H10ClNO4/c15-11-3-2-9(17)6-10(11)14(18)16-8-1-4-12-13(5-8)20-7-19-12/h1-6,17H,7H2,(H,16,18). The van der Waals surface area contributed by atoms with E-state index < -0.39 is 5.91 Å². The number of hydrogen-bond acceptors (Lipinski definition) is 4. The number of amides is 1. The van der Waals surface area contributed by atoms with Crippen molar-refractivity contribution < 1.29 is 19.4 Å². The molecule has 2 aromatic carbocycles. The third-order valence-corrected chi connectivity index (χ3v) is 3.15. The van der Waals surface area contributed by atoms with E-state index in [1.54, 1.807) is 18.2 Å². The Morgan fingerprint density at radius 3 is 2.80 bits per heavy atom. The number of aromatic hydroxyl groups is 1. The quantitative estimate of drug-likeness (QED) is 0.892. The first-order valence-electron chi connectivity index (χ1n) is 5.83. The number of halogens is 1. The summed E-state index contributed by atoms with van der Waals surface area (Å²) in [5.74, 6) is 0.776. The summed E-state index contributed by atoms with van der Waals surface area (Å²) in [6.45, 7) is 0.172. The molecule has 1 aliphatic rings. The van der Waals surface area contributed by atoms with Gasteiger partial charge in [-0.1, -0.05) is 11.6 Å². The summed E-state index contributed by atoms with van der Waals surface area (Å²) in [4.78, 5) is 12.1. The first-order chi connectivity index (χ1) is 9.63. The number of benzene rings is 2. The van der Waals surface area contributed by atoms with Crippen LogP contribution in [-0.4, -0.2) is 17.8 Å². The molecule has 102 valence electrons. The van der Waals surface area contributed by atoms with Crippen LogP contribution in [0.5, 0.6) is 17.2 Å². The van der Waals surface area contributed by atoms with Gasteiger partial charge in [0, 0.05) is 11.8 Å². The number of phenolic OH excluding ortho intramolecular Hbond substituents is 1. The van der Waals surface area contributed by atoms with Gasteiger partial charge in [-0.05, 0) is 30.3 Å². The molecule has 0 saturated heterocycles. The van der Waals surface area contributed by atoms with Crippen LogP contribution in [0.2, 0.25) is 5.02 Å². The average molecular weight is 292 g/mol. The zero-order chi connectivity index (χ0) is 14.1. The van der Waals surface area contributed by atoms with Crippen molar-refractivity contribution in [2.45, 2.75) is 0 Å². The van der Waals surface area contributed by atoms with Crippen molar-refractivity contribution in [1.29, 1.82) is 0 Å². The molecule has 0 fully saturated rings. The molecule has 1 aliphatic heterocycles. The summed E-state index contributed by atoms with van der Waals surface area (Å²) < 4.78 is 10.4. The van der Waals surface area contributed by atoms with Crippen LogP contribution < -0.4 is 14.8 Å². The van der Waals surface area contributed by atoms with Crippen molar-refractivity contribution in [3.8, 4) is 17.2 Å². The van der Waals surface area contributed by atoms with Crippen LogP contribution >= 0.6 is 11.6 Å². The minimum absolute atomic E-state index is 0.0229. The minimum atomic E-state index is -0.412. The summed E-state index contributed by atoms with van der Waals surface area (Å²) >= 11 is 5.93. The topological polar surface area (TPSA) is 67.8 Å². The van der Waals surface area contributed by atoms with Gasteiger partial charge in [-0.15, -0.1) is 0 Å². The third-order valence-electron chi connectivity index (χ3n) is 2.83. The lowest BCUT2D eigenvalue weighted by atomic mass is 10.2. The highest BCUT2D eigenvalue weighted by molar-refractivity contribution is 6.34. The van der Waals surface area contributed by atoms with E-state index in [1.165, 1.54) is 18.2 Å². The van der Waals surface area contributed by atoms with E-state index in [9.17, 15) is 9.90 Å². The number of carbonyl (C=O) groups excluding carboxylic acids is 1. The van der Waals surface area contributed by atoms with Gasteiger partial charge in [0.2, 0.25) is 6.79 Å². The SMILES string of the molecule is O=C(Nc1ccc2c(c1)OCO2)c1cc(O)ccc1Cl. The number of hydrogen-bond donors (Lipinski definition) is 2. The predicted octanol–water partition coefficient (Wildman–Crippen LogP) is 3.03. The first-order valence-corrected chi connectivity index (χ1v) is 6.21. The van der Waals surface area contributed by atoms with Gasteiger partial charge in [0.25, 0.3) is 5.91 Å². The molecule has 0 atom stereocenters. The highest BCUT2D eigenvalue weighted by Gasteiger charge is 2.16. The number of ether oxygens (including phenoxy) is 2. The van der Waals surface area contributed by atoms with E-state index in [0.717, 1.165) is 0 Å². The molecule has 0 unspecified atom stereocenters. The zero-order valence-electron chi connectivity index (χ0n) is 10.2. The summed E-state index contributed by atoms with van der Waals surface area (Å²) in [6.07, 6.45) is 0. The van der Waals surface area contributed by atoms with Crippen molar-refractivity contribution in [2.24, 2.45) is 0 Å². The van der Waals surface area contributed by atoms with E-state index in [2.05, 4.69) is 5.32 Å². The number of anilines is 1. The first kappa shape index (κ1) is 12.6. The number of phenols is 1. The summed E-state index contributed by atoms with van der Waals surface area (Å²) in [5.41, 5.74) is 0.753. The molecule has 0 spiro atoms. The Kier molecular flexibility index (Phi) is 3.12. The number of carbonyl (C=O) groups is 1. The number of fused-ring (bicyclic) bond motifs is 1. The van der Waals surface area contributed by atoms with E-state index in [0.29, 0.717) is 17.2 Å². The van der Waals surface area contributed by atoms with Gasteiger partial charge in [0.15, 0.2) is 11.5 Å². The summed E-state index contributed by atoms with van der Waals surface area (Å²) in [5, 5.41) is 12.4. The molecule has 0 saturated carbocycles. The molecule has 3 rings (SSSR count). The van der Waals surface area contributed by atoms with Crippen LogP contribution in [-0.2, 0) is 0 Å². The Labute approximate surface area is 119 Å². The summed E-state index contributed by atoms with van der Waals surface area (Å²) in [6, 6.07) is 9.26. The van der Waals surface area contributed by atoms with Crippen molar-refractivity contribution in [3.05, 3.63) is 47.0 Å². The lowest BCUT2D eigenvalue weighted by Gasteiger charge is -2.08. The van der Waals surface area contributed by atoms with Gasteiger partial charge >= 0.3 is 0 Å². The second-order valence-electron chi connectivity index (χ2n) is 4.19. The second-order valence-corrected chi connectivity index (χ2v) is 4.59. The van der Waals surface area contributed by atoms with Crippen molar-refractivity contribution in [1.82, 2.24) is 0 Å². The fraction of sp³-hybridized carbons (Fsp3) is 0.0714. The Morgan fingerprint density at radius 1 is 1.15 bits per heavy atom. The van der Waals surface area contributed by atoms with Crippen LogP contribution in [0.1, 0.15) is 10.4 Å². The van der Waals surface area contributed by atoms with Crippen molar-refractivity contribution >= 4 is 23.2 Å². The highest BCUT2D eigenvalue weighted by Crippen LogP contribution is 2.34. The summed E-state index contributed by atoms with van der Waals surface area (Å²) in [7, 11) is 0. The van der Waals surface area contributed by atoms with Crippen LogP contribution in [0.15, 0.2) is 36.4 Å². The Hall–Kier alpha value is -2.40. The molecule has 1 heterocycles. The second kappa shape index (κ2) is 4.94. The number of rotatable bonds is 2. The molecule has 0 bridgehead atoms. The van der Waals surface area contributed by atoms with E-state index in [4.69, 9.17) is 21.1 Å². The zero-order valence-corrected chi connectivity index (χ0v) is 11.0. The Balaban J connectivity index is 1.84. The van der Waals surface area contributed by atoms with E-state index in [1.807, 2.05) is 0 Å². The lowest BCUT2D eigenvalue weighted by Crippen LogP contribution is -2.12. The largest absolute Gasteiger partial charge is 0.508 e. The fourth-order valence-corrected chi connectivity index (χ4v) is 2.06. The smallest absolute Gasteiger partial charge is 0.257 e. The number of nitrogens with one attached hydrogen (secondary N) is 1. The molecule has 0 aliphatic carbocycles. The van der Waals surface area contributed by atoms with E-state index >= 15 is 0 Å². The van der Waals surface area contributed by atoms with Crippen LogP contribution in [0, 0.1) is 0 Å². The van der Waals surface area contributed by atoms with Gasteiger partial charge in [0.1, 0.15) is 5.75 Å². The molecule has 1 amide bonds. The molecule has 6 heteroatoms. The molecule has 2 N–H and O–H groups in total. The van der Waals surface area contributed by atoms with Gasteiger partial charge in [0.05, 0.1) is 10.6 Å². The fourth-order valence-electron chi connectivity index (χ4n) is 1.86. The molecular formula is C14H10ClNO4. The average Bonchev–Trinajstić information content (AvgIpc) is 2.89. The van der Waals surface area contributed by atoms with Crippen LogP contribution in [0.25, 0.3) is 0 Å². The molecule has 2 aromatic rings. The van der Waals surface area contributed by atoms with E-state index in [-0.39, 0.29) is 23.1 Å². The monoisotopic (exact) mass is 291 g/mol. The Bertz CT molecular complexity index is 687. The molecule has 0 aromatic heterocycles. The highest BCUT2D eigenvalue weighted by atomic mass is 35.5. The van der Waals surface area contributed by atoms with Crippen molar-refractivity contribution in [2.75, 3.05) is 12.1 Å². The molecule has 5 nitrogen and oxygen atoms in total. The molecular weight excluding hydrogens is 282 g/mol. The maximum atomic E-state index is 12.1. The Morgan fingerprint density at radius 2 is 1.95 bits per heavy atom. The predicted molar refractivity (Wildman–Crippen MR) is 73.6 cm³/mol. The van der Waals surface area contributed by atoms with Crippen LogP contribution in [0.3, 0.4) is 0 Å². The normalized spacial score (nSPS) is 12.2. The van der Waals surface area contributed by atoms with Crippen LogP contribution in [0.4, 0.5) is 5.69 Å². The maximum Gasteiger partial charge on any atom is 0.257 e. The maximum absolute atomic E-state index is 12.1. The minimum Gasteiger partial charge on any atom is -0.508 e. The van der Waals surface area contributed by atoms with Gasteiger partial charge in [-0.2, -0.15) is 0 Å². The molecule has 0 radical (unpaired) electrons. The van der Waals surface area contributed by atoms with Gasteiger partial charge in [-0.25, -0.2) is 0 Å². The van der Waals surface area contributed by atoms with Gasteiger partial charge in [-0.3, -0.25) is 4.79 Å². The lowest BCUT2D eigenvalue weighted by molar-refractivity contribution is 0.102. The van der Waals surface area contributed by atoms with Gasteiger partial charge < -0.3 is 19.9 Å². The van der Waals surface area contributed by atoms with Crippen molar-refractivity contribution in [3.63, 3.8) is 0 Å².